The molecule has 34 heavy (non-hydrogen) atoms. The van der Waals surface area contributed by atoms with Gasteiger partial charge in [-0.3, -0.25) is 14.4 Å². The SMILES string of the molecule is CN(CCCN(C)CCN(CCC(=O)O)CCC(=O)O)CCN(CCC(=O)[O-])CCC(=O)O.[Cs+]. The van der Waals surface area contributed by atoms with E-state index < -0.39 is 23.9 Å². The summed E-state index contributed by atoms with van der Waals surface area (Å²) in [6.45, 7) is 5.31. The Hall–Kier alpha value is -0.228. The molecular weight excluding hydrogens is 569 g/mol. The summed E-state index contributed by atoms with van der Waals surface area (Å²) >= 11 is 0. The zero-order valence-corrected chi connectivity index (χ0v) is 27.1. The summed E-state index contributed by atoms with van der Waals surface area (Å²) in [6.07, 6.45) is 0.647. The standard InChI is InChI=1S/C21H40N4O8.Cs/c1-22(14-16-24(10-4-18(26)27)11-5-19(28)29)8-3-9-23(2)15-17-25(12-6-20(30)31)13-7-21(32)33;/h3-17H2,1-2H3,(H,26,27)(H,28,29)(H,30,31)(H,32,33);/q;+1/p-1. The topological polar surface area (TPSA) is 165 Å². The molecule has 0 atom stereocenters. The molecule has 0 amide bonds. The van der Waals surface area contributed by atoms with Gasteiger partial charge in [-0.15, -0.1) is 0 Å². The van der Waals surface area contributed by atoms with Crippen molar-refractivity contribution in [1.82, 2.24) is 19.6 Å². The zero-order chi connectivity index (χ0) is 25.2. The average Bonchev–Trinajstić information content (AvgIpc) is 2.71. The number of carboxylic acids is 4. The average molecular weight is 608 g/mol. The van der Waals surface area contributed by atoms with Crippen molar-refractivity contribution in [3.8, 4) is 0 Å². The number of hydrogen-bond acceptors (Lipinski definition) is 9. The number of hydrogen-bond donors (Lipinski definition) is 3. The van der Waals surface area contributed by atoms with Crippen LogP contribution in [-0.2, 0) is 19.2 Å². The van der Waals surface area contributed by atoms with Gasteiger partial charge in [0.1, 0.15) is 0 Å². The molecule has 12 nitrogen and oxygen atoms in total. The van der Waals surface area contributed by atoms with Crippen LogP contribution >= 0.6 is 0 Å². The van der Waals surface area contributed by atoms with Crippen molar-refractivity contribution in [2.45, 2.75) is 32.1 Å². The molecule has 0 bridgehead atoms. The summed E-state index contributed by atoms with van der Waals surface area (Å²) < 4.78 is 0. The number of carbonyl (C=O) groups excluding carboxylic acids is 1. The summed E-state index contributed by atoms with van der Waals surface area (Å²) in [5.41, 5.74) is 0. The van der Waals surface area contributed by atoms with Crippen LogP contribution in [-0.4, -0.2) is 138 Å². The van der Waals surface area contributed by atoms with Crippen molar-refractivity contribution in [2.24, 2.45) is 0 Å². The third-order valence-corrected chi connectivity index (χ3v) is 5.23. The first kappa shape index (κ1) is 35.9. The van der Waals surface area contributed by atoms with E-state index in [0.29, 0.717) is 45.8 Å². The molecule has 0 unspecified atom stereocenters. The largest absolute Gasteiger partial charge is 1.00 e. The minimum absolute atomic E-state index is 0. The number of aliphatic carboxylic acids is 4. The van der Waals surface area contributed by atoms with Crippen LogP contribution in [0.25, 0.3) is 0 Å². The first-order chi connectivity index (χ1) is 15.5. The normalized spacial score (nSPS) is 11.2. The Morgan fingerprint density at radius 3 is 1.18 bits per heavy atom. The Balaban J connectivity index is 0. The molecule has 0 spiro atoms. The first-order valence-corrected chi connectivity index (χ1v) is 11.2. The molecule has 0 heterocycles. The summed E-state index contributed by atoms with van der Waals surface area (Å²) in [4.78, 5) is 51.0. The van der Waals surface area contributed by atoms with Gasteiger partial charge in [-0.05, 0) is 40.0 Å². The maximum atomic E-state index is 10.8. The molecule has 0 aromatic heterocycles. The van der Waals surface area contributed by atoms with Gasteiger partial charge >= 0.3 is 86.8 Å². The fourth-order valence-electron chi connectivity index (χ4n) is 3.14. The predicted octanol–water partition coefficient (Wildman–Crippen LogP) is -4.59. The van der Waals surface area contributed by atoms with Gasteiger partial charge in [0.25, 0.3) is 0 Å². The van der Waals surface area contributed by atoms with E-state index in [-0.39, 0.29) is 101 Å². The van der Waals surface area contributed by atoms with Crippen LogP contribution in [0.1, 0.15) is 32.1 Å². The van der Waals surface area contributed by atoms with Crippen molar-refractivity contribution in [1.29, 1.82) is 0 Å². The van der Waals surface area contributed by atoms with Crippen molar-refractivity contribution in [2.75, 3.05) is 79.5 Å². The monoisotopic (exact) mass is 608 g/mol. The molecule has 13 heteroatoms. The van der Waals surface area contributed by atoms with E-state index in [2.05, 4.69) is 9.80 Å². The third kappa shape index (κ3) is 23.5. The van der Waals surface area contributed by atoms with Crippen LogP contribution in [0, 0.1) is 0 Å². The second-order valence-corrected chi connectivity index (χ2v) is 8.20. The number of nitrogens with zero attached hydrogens (tertiary/aromatic N) is 4. The smallest absolute Gasteiger partial charge is 0.550 e. The number of carboxylic acid groups (broad SMARTS) is 4. The Morgan fingerprint density at radius 2 is 0.882 bits per heavy atom. The predicted molar refractivity (Wildman–Crippen MR) is 119 cm³/mol. The summed E-state index contributed by atoms with van der Waals surface area (Å²) in [7, 11) is 3.91. The fourth-order valence-corrected chi connectivity index (χ4v) is 3.14. The molecule has 0 aromatic carbocycles. The van der Waals surface area contributed by atoms with Gasteiger partial charge in [-0.2, -0.15) is 0 Å². The van der Waals surface area contributed by atoms with Crippen molar-refractivity contribution < 1.29 is 108 Å². The van der Waals surface area contributed by atoms with E-state index in [1.165, 1.54) is 0 Å². The molecule has 3 N–H and O–H groups in total. The number of likely N-dealkylation sites (N-methyl/N-ethyl adjacent to an activating group) is 2. The number of rotatable bonds is 22. The van der Waals surface area contributed by atoms with E-state index in [9.17, 15) is 24.3 Å². The summed E-state index contributed by atoms with van der Waals surface area (Å²) in [5.74, 6) is -3.90. The van der Waals surface area contributed by atoms with E-state index in [0.717, 1.165) is 19.5 Å². The van der Waals surface area contributed by atoms with Crippen molar-refractivity contribution in [3.05, 3.63) is 0 Å². The van der Waals surface area contributed by atoms with Gasteiger partial charge in [0, 0.05) is 58.3 Å². The van der Waals surface area contributed by atoms with E-state index in [1.54, 1.807) is 0 Å². The Morgan fingerprint density at radius 1 is 0.559 bits per heavy atom. The van der Waals surface area contributed by atoms with Crippen LogP contribution in [0.4, 0.5) is 0 Å². The molecule has 0 aromatic rings. The fraction of sp³-hybridized carbons (Fsp3) is 0.810. The molecule has 0 aliphatic heterocycles. The van der Waals surface area contributed by atoms with Crippen LogP contribution < -0.4 is 74.0 Å². The van der Waals surface area contributed by atoms with Crippen LogP contribution in [0.5, 0.6) is 0 Å². The Bertz CT molecular complexity index is 525. The molecule has 0 fully saturated rings. The summed E-state index contributed by atoms with van der Waals surface area (Å²) in [5, 5.41) is 37.2. The van der Waals surface area contributed by atoms with Crippen LogP contribution in [0.15, 0.2) is 0 Å². The zero-order valence-electron chi connectivity index (χ0n) is 20.8. The quantitative estimate of drug-likeness (QED) is 0.108. The molecule has 0 rings (SSSR count). The minimum Gasteiger partial charge on any atom is -0.550 e. The molecule has 0 saturated carbocycles. The van der Waals surface area contributed by atoms with E-state index in [1.807, 2.05) is 23.9 Å². The van der Waals surface area contributed by atoms with E-state index in [4.69, 9.17) is 15.3 Å². The molecule has 0 aliphatic carbocycles. The second kappa shape index (κ2) is 22.0. The van der Waals surface area contributed by atoms with Crippen molar-refractivity contribution >= 4 is 23.9 Å². The van der Waals surface area contributed by atoms with Crippen LogP contribution in [0.3, 0.4) is 0 Å². The molecule has 0 aliphatic rings. The Labute approximate surface area is 260 Å². The summed E-state index contributed by atoms with van der Waals surface area (Å²) in [6, 6.07) is 0. The van der Waals surface area contributed by atoms with Gasteiger partial charge < -0.3 is 44.8 Å². The van der Waals surface area contributed by atoms with E-state index >= 15 is 0 Å². The van der Waals surface area contributed by atoms with Gasteiger partial charge in [0.05, 0.1) is 19.3 Å². The first-order valence-electron chi connectivity index (χ1n) is 11.2. The van der Waals surface area contributed by atoms with Gasteiger partial charge in [0.15, 0.2) is 0 Å². The maximum Gasteiger partial charge on any atom is 1.00 e. The number of carbonyl (C=O) groups is 4. The molecule has 0 radical (unpaired) electrons. The van der Waals surface area contributed by atoms with Crippen molar-refractivity contribution in [3.63, 3.8) is 0 Å². The van der Waals surface area contributed by atoms with Gasteiger partial charge in [-0.1, -0.05) is 0 Å². The van der Waals surface area contributed by atoms with Crippen LogP contribution in [0.2, 0.25) is 0 Å². The maximum absolute atomic E-state index is 10.8. The Kier molecular flexibility index (Phi) is 23.3. The molecular formula is C21H39CsN4O8. The minimum atomic E-state index is -1.16. The van der Waals surface area contributed by atoms with Gasteiger partial charge in [-0.25, -0.2) is 0 Å². The third-order valence-electron chi connectivity index (χ3n) is 5.23. The van der Waals surface area contributed by atoms with Gasteiger partial charge in [0.2, 0.25) is 0 Å². The second-order valence-electron chi connectivity index (χ2n) is 8.20. The molecule has 0 saturated heterocycles. The molecule has 192 valence electrons.